The Morgan fingerprint density at radius 1 is 1.26 bits per heavy atom. The molecular formula is C20H23ClN4O2. The number of carbonyl (C=O) groups is 1. The van der Waals surface area contributed by atoms with Gasteiger partial charge in [0.05, 0.1) is 10.5 Å². The first kappa shape index (κ1) is 19.2. The van der Waals surface area contributed by atoms with E-state index in [1.54, 1.807) is 22.7 Å². The topological polar surface area (TPSA) is 79.5 Å². The van der Waals surface area contributed by atoms with Crippen molar-refractivity contribution in [2.24, 2.45) is 0 Å². The van der Waals surface area contributed by atoms with E-state index in [0.717, 1.165) is 12.8 Å². The van der Waals surface area contributed by atoms with Crippen LogP contribution in [0, 0.1) is 5.41 Å². The zero-order chi connectivity index (χ0) is 19.2. The molecule has 6 nitrogen and oxygen atoms in total. The number of pyridine rings is 1. The molecule has 0 aliphatic rings. The average Bonchev–Trinajstić information content (AvgIpc) is 2.66. The van der Waals surface area contributed by atoms with Gasteiger partial charge in [0.15, 0.2) is 5.75 Å². The molecule has 27 heavy (non-hydrogen) atoms. The normalized spacial score (nSPS) is 11.0. The third kappa shape index (κ3) is 4.57. The Kier molecular flexibility index (Phi) is 6.29. The lowest BCUT2D eigenvalue weighted by atomic mass is 10.1. The molecule has 0 saturated carbocycles. The van der Waals surface area contributed by atoms with E-state index in [9.17, 15) is 4.79 Å². The molecule has 142 valence electrons. The Labute approximate surface area is 162 Å². The van der Waals surface area contributed by atoms with E-state index in [0.29, 0.717) is 23.1 Å². The Hall–Kier alpha value is -2.60. The van der Waals surface area contributed by atoms with Crippen molar-refractivity contribution in [3.63, 3.8) is 0 Å². The first-order valence-electron chi connectivity index (χ1n) is 9.21. The number of aromatic nitrogens is 2. The lowest BCUT2D eigenvalue weighted by molar-refractivity contribution is 0.200. The summed E-state index contributed by atoms with van der Waals surface area (Å²) < 4.78 is 7.01. The van der Waals surface area contributed by atoms with Crippen LogP contribution in [0.15, 0.2) is 36.5 Å². The van der Waals surface area contributed by atoms with Crippen molar-refractivity contribution in [2.45, 2.75) is 39.0 Å². The van der Waals surface area contributed by atoms with Gasteiger partial charge in [-0.1, -0.05) is 50.3 Å². The third-order valence-electron chi connectivity index (χ3n) is 4.37. The van der Waals surface area contributed by atoms with E-state index in [1.165, 1.54) is 19.3 Å². The van der Waals surface area contributed by atoms with Crippen LogP contribution in [0.2, 0.25) is 5.02 Å². The van der Waals surface area contributed by atoms with Gasteiger partial charge in [-0.3, -0.25) is 9.81 Å². The van der Waals surface area contributed by atoms with E-state index >= 15 is 0 Å². The number of amides is 1. The zero-order valence-electron chi connectivity index (χ0n) is 15.3. The van der Waals surface area contributed by atoms with Gasteiger partial charge in [0.1, 0.15) is 11.1 Å². The lowest BCUT2D eigenvalue weighted by Crippen LogP contribution is -2.28. The molecule has 0 saturated heterocycles. The van der Waals surface area contributed by atoms with Crippen molar-refractivity contribution >= 4 is 34.2 Å². The largest absolute Gasteiger partial charge is 0.412 e. The van der Waals surface area contributed by atoms with Crippen molar-refractivity contribution in [1.82, 2.24) is 14.7 Å². The molecule has 0 aliphatic heterocycles. The molecule has 0 unspecified atom stereocenters. The summed E-state index contributed by atoms with van der Waals surface area (Å²) in [5, 5.41) is 12.0. The van der Waals surface area contributed by atoms with Crippen molar-refractivity contribution in [3.05, 3.63) is 47.0 Å². The molecule has 0 radical (unpaired) electrons. The number of halogens is 1. The monoisotopic (exact) mass is 386 g/mol. The number of hydrogen-bond donors (Lipinski definition) is 2. The van der Waals surface area contributed by atoms with Crippen LogP contribution in [0.25, 0.3) is 16.6 Å². The van der Waals surface area contributed by atoms with Crippen molar-refractivity contribution < 1.29 is 9.53 Å². The average molecular weight is 387 g/mol. The first-order valence-corrected chi connectivity index (χ1v) is 9.59. The molecule has 0 bridgehead atoms. The quantitative estimate of drug-likeness (QED) is 0.457. The van der Waals surface area contributed by atoms with Crippen molar-refractivity contribution in [3.8, 4) is 5.75 Å². The number of hydrogen-bond acceptors (Lipinski definition) is 4. The number of nitrogens with zero attached hydrogens (tertiary/aromatic N) is 2. The summed E-state index contributed by atoms with van der Waals surface area (Å²) in [6.45, 7) is 2.74. The van der Waals surface area contributed by atoms with Crippen LogP contribution in [0.3, 0.4) is 0 Å². The Balaban J connectivity index is 1.74. The molecular weight excluding hydrogens is 364 g/mol. The van der Waals surface area contributed by atoms with Crippen LogP contribution >= 0.6 is 11.6 Å². The number of ether oxygens (including phenoxy) is 1. The predicted molar refractivity (Wildman–Crippen MR) is 106 cm³/mol. The minimum absolute atomic E-state index is 0.221. The molecule has 2 heterocycles. The third-order valence-corrected chi connectivity index (χ3v) is 4.67. The van der Waals surface area contributed by atoms with E-state index < -0.39 is 6.09 Å². The van der Waals surface area contributed by atoms with Gasteiger partial charge in [0.25, 0.3) is 0 Å². The predicted octanol–water partition coefficient (Wildman–Crippen LogP) is 4.68. The van der Waals surface area contributed by atoms with Gasteiger partial charge in [-0.05, 0) is 30.7 Å². The van der Waals surface area contributed by atoms with Crippen LogP contribution in [0.1, 0.15) is 39.0 Å². The van der Waals surface area contributed by atoms with Gasteiger partial charge in [0.2, 0.25) is 0 Å². The molecule has 0 fully saturated rings. The van der Waals surface area contributed by atoms with E-state index in [-0.39, 0.29) is 16.3 Å². The van der Waals surface area contributed by atoms with Crippen LogP contribution in [0.4, 0.5) is 4.79 Å². The lowest BCUT2D eigenvalue weighted by Gasteiger charge is -2.10. The maximum Gasteiger partial charge on any atom is 0.412 e. The molecule has 1 aromatic carbocycles. The minimum atomic E-state index is -0.542. The molecule has 3 aromatic rings. The first-order chi connectivity index (χ1) is 13.1. The van der Waals surface area contributed by atoms with Crippen molar-refractivity contribution in [2.75, 3.05) is 6.54 Å². The number of benzene rings is 1. The number of nitrogens with one attached hydrogen (secondary N) is 2. The summed E-state index contributed by atoms with van der Waals surface area (Å²) in [7, 11) is 0. The van der Waals surface area contributed by atoms with E-state index in [4.69, 9.17) is 21.7 Å². The highest BCUT2D eigenvalue weighted by Gasteiger charge is 2.12. The fourth-order valence-corrected chi connectivity index (χ4v) is 3.12. The van der Waals surface area contributed by atoms with E-state index in [1.807, 2.05) is 18.2 Å². The Morgan fingerprint density at radius 3 is 2.89 bits per heavy atom. The summed E-state index contributed by atoms with van der Waals surface area (Å²) >= 11 is 6.26. The van der Waals surface area contributed by atoms with Crippen LogP contribution in [-0.2, 0) is 0 Å². The van der Waals surface area contributed by atoms with Crippen molar-refractivity contribution in [1.29, 1.82) is 5.41 Å². The zero-order valence-corrected chi connectivity index (χ0v) is 16.1. The van der Waals surface area contributed by atoms with Gasteiger partial charge in [0, 0.05) is 18.1 Å². The Morgan fingerprint density at radius 2 is 2.07 bits per heavy atom. The standard InChI is InChI=1S/C20H23ClN4O2/c1-2-3-4-5-7-10-23-20(26)27-17-12-14-16(13-15(17)21)24-18-9-6-8-11-25(18)19(14)22/h6,8-9,11-13,22H,2-5,7,10H2,1H3,(H,23,26). The summed E-state index contributed by atoms with van der Waals surface area (Å²) in [4.78, 5) is 16.5. The highest BCUT2D eigenvalue weighted by molar-refractivity contribution is 6.32. The maximum absolute atomic E-state index is 12.0. The molecule has 0 aliphatic carbocycles. The minimum Gasteiger partial charge on any atom is -0.409 e. The van der Waals surface area contributed by atoms with Crippen LogP contribution in [-0.4, -0.2) is 22.0 Å². The number of unbranched alkanes of at least 4 members (excludes halogenated alkanes) is 4. The van der Waals surface area contributed by atoms with Gasteiger partial charge < -0.3 is 10.1 Å². The van der Waals surface area contributed by atoms with E-state index in [2.05, 4.69) is 17.2 Å². The molecule has 0 spiro atoms. The SMILES string of the molecule is CCCCCCCNC(=O)Oc1cc2c(=N)n3ccccc3nc2cc1Cl. The second-order valence-electron chi connectivity index (χ2n) is 6.42. The van der Waals surface area contributed by atoms with Gasteiger partial charge in [-0.25, -0.2) is 9.78 Å². The fraction of sp³-hybridized carbons (Fsp3) is 0.350. The number of fused-ring (bicyclic) bond motifs is 2. The van der Waals surface area contributed by atoms with Crippen LogP contribution in [0.5, 0.6) is 5.75 Å². The molecule has 7 heteroatoms. The summed E-state index contributed by atoms with van der Waals surface area (Å²) in [6.07, 6.45) is 6.81. The number of carbonyl (C=O) groups excluding carboxylic acids is 1. The summed E-state index contributed by atoms with van der Waals surface area (Å²) in [6, 6.07) is 8.73. The maximum atomic E-state index is 12.0. The van der Waals surface area contributed by atoms with Gasteiger partial charge in [-0.15, -0.1) is 0 Å². The molecule has 2 aromatic heterocycles. The highest BCUT2D eigenvalue weighted by Crippen LogP contribution is 2.28. The van der Waals surface area contributed by atoms with Crippen LogP contribution < -0.4 is 15.5 Å². The highest BCUT2D eigenvalue weighted by atomic mass is 35.5. The second kappa shape index (κ2) is 8.86. The smallest absolute Gasteiger partial charge is 0.409 e. The number of rotatable bonds is 7. The fourth-order valence-electron chi connectivity index (χ4n) is 2.93. The van der Waals surface area contributed by atoms with Gasteiger partial charge in [-0.2, -0.15) is 0 Å². The Bertz CT molecular complexity index is 1020. The molecule has 0 atom stereocenters. The molecule has 3 rings (SSSR count). The summed E-state index contributed by atoms with van der Waals surface area (Å²) in [5.74, 6) is 0.221. The summed E-state index contributed by atoms with van der Waals surface area (Å²) in [5.41, 5.74) is 1.49. The van der Waals surface area contributed by atoms with Gasteiger partial charge >= 0.3 is 6.09 Å². The molecule has 1 amide bonds. The molecule has 2 N–H and O–H groups in total. The second-order valence-corrected chi connectivity index (χ2v) is 6.83.